The monoisotopic (exact) mass is 283 g/mol. The maximum Gasteiger partial charge on any atom is 0.0923 e. The van der Waals surface area contributed by atoms with E-state index in [9.17, 15) is 5.11 Å². The van der Waals surface area contributed by atoms with Crippen LogP contribution in [0.15, 0.2) is 42.5 Å². The van der Waals surface area contributed by atoms with E-state index in [1.807, 2.05) is 18.2 Å². The molecule has 1 N–H and O–H groups in total. The van der Waals surface area contributed by atoms with E-state index in [1.54, 1.807) is 0 Å². The van der Waals surface area contributed by atoms with Crippen LogP contribution in [0.2, 0.25) is 0 Å². The van der Waals surface area contributed by atoms with Crippen LogP contribution in [0.1, 0.15) is 38.4 Å². The average molecular weight is 283 g/mol. The van der Waals surface area contributed by atoms with Crippen molar-refractivity contribution in [3.05, 3.63) is 48.0 Å². The maximum atomic E-state index is 10.7. The van der Waals surface area contributed by atoms with Crippen LogP contribution in [0.25, 0.3) is 10.8 Å². The number of hydrogen-bond donors (Lipinski definition) is 1. The molecule has 0 spiro atoms. The van der Waals surface area contributed by atoms with Gasteiger partial charge in [-0.1, -0.05) is 56.3 Å². The van der Waals surface area contributed by atoms with Crippen molar-refractivity contribution in [2.45, 2.75) is 38.8 Å². The van der Waals surface area contributed by atoms with Crippen LogP contribution in [0.5, 0.6) is 0 Å². The van der Waals surface area contributed by atoms with Gasteiger partial charge in [-0.15, -0.1) is 0 Å². The summed E-state index contributed by atoms with van der Waals surface area (Å²) in [5.41, 5.74) is 1.06. The first kappa shape index (κ1) is 14.6. The van der Waals surface area contributed by atoms with Gasteiger partial charge in [0.25, 0.3) is 0 Å². The van der Waals surface area contributed by atoms with Crippen LogP contribution in [-0.2, 0) is 0 Å². The molecule has 1 heterocycles. The van der Waals surface area contributed by atoms with Crippen LogP contribution < -0.4 is 0 Å². The Bertz CT molecular complexity index is 602. The molecule has 3 rings (SSSR count). The smallest absolute Gasteiger partial charge is 0.0923 e. The van der Waals surface area contributed by atoms with Crippen molar-refractivity contribution in [1.29, 1.82) is 0 Å². The Balaban J connectivity index is 1.82. The second kappa shape index (κ2) is 6.17. The molecule has 2 aromatic rings. The zero-order chi connectivity index (χ0) is 14.8. The number of aliphatic hydroxyl groups excluding tert-OH is 1. The molecular formula is C19H25NO. The van der Waals surface area contributed by atoms with E-state index < -0.39 is 6.10 Å². The van der Waals surface area contributed by atoms with Crippen LogP contribution in [0, 0.1) is 5.92 Å². The van der Waals surface area contributed by atoms with E-state index in [1.165, 1.54) is 23.6 Å². The molecule has 1 saturated heterocycles. The summed E-state index contributed by atoms with van der Waals surface area (Å²) < 4.78 is 0. The van der Waals surface area contributed by atoms with Gasteiger partial charge in [-0.2, -0.15) is 0 Å². The van der Waals surface area contributed by atoms with Gasteiger partial charge in [-0.05, 0) is 41.6 Å². The van der Waals surface area contributed by atoms with E-state index in [2.05, 4.69) is 43.0 Å². The second-order valence-electron chi connectivity index (χ2n) is 6.53. The molecule has 21 heavy (non-hydrogen) atoms. The lowest BCUT2D eigenvalue weighted by Gasteiger charge is -2.29. The summed E-state index contributed by atoms with van der Waals surface area (Å²) in [5.74, 6) is 0.659. The van der Waals surface area contributed by atoms with Gasteiger partial charge in [0.05, 0.1) is 6.10 Å². The lowest BCUT2D eigenvalue weighted by atomic mass is 9.98. The number of β-amino-alcohol motifs (C(OH)–C–C–N with tert-alkyl or cyclic N) is 1. The minimum absolute atomic E-state index is 0.407. The van der Waals surface area contributed by atoms with Gasteiger partial charge in [0.2, 0.25) is 0 Å². The van der Waals surface area contributed by atoms with Crippen LogP contribution in [0.3, 0.4) is 0 Å². The van der Waals surface area contributed by atoms with Gasteiger partial charge < -0.3 is 5.11 Å². The normalized spacial score (nSPS) is 21.2. The first-order valence-electron chi connectivity index (χ1n) is 8.06. The summed E-state index contributed by atoms with van der Waals surface area (Å²) in [6, 6.07) is 15.2. The number of likely N-dealkylation sites (tertiary alicyclic amines) is 1. The molecule has 0 radical (unpaired) electrons. The van der Waals surface area contributed by atoms with Crippen LogP contribution in [-0.4, -0.2) is 29.1 Å². The first-order chi connectivity index (χ1) is 10.2. The van der Waals surface area contributed by atoms with Gasteiger partial charge in [0.15, 0.2) is 0 Å². The highest BCUT2D eigenvalue weighted by molar-refractivity contribution is 5.85. The van der Waals surface area contributed by atoms with E-state index in [-0.39, 0.29) is 0 Å². The van der Waals surface area contributed by atoms with Crippen LogP contribution in [0.4, 0.5) is 0 Å². The average Bonchev–Trinajstić information content (AvgIpc) is 2.95. The van der Waals surface area contributed by atoms with Crippen molar-refractivity contribution < 1.29 is 5.11 Å². The molecule has 1 aliphatic rings. The van der Waals surface area contributed by atoms with Crippen LogP contribution >= 0.6 is 0 Å². The van der Waals surface area contributed by atoms with E-state index in [0.717, 1.165) is 18.7 Å². The number of fused-ring (bicyclic) bond motifs is 1. The number of rotatable bonds is 4. The van der Waals surface area contributed by atoms with Crippen molar-refractivity contribution in [3.8, 4) is 0 Å². The topological polar surface area (TPSA) is 23.5 Å². The van der Waals surface area contributed by atoms with Gasteiger partial charge >= 0.3 is 0 Å². The molecule has 112 valence electrons. The summed E-state index contributed by atoms with van der Waals surface area (Å²) in [4.78, 5) is 2.47. The lowest BCUT2D eigenvalue weighted by molar-refractivity contribution is 0.0948. The molecular weight excluding hydrogens is 258 g/mol. The van der Waals surface area contributed by atoms with E-state index >= 15 is 0 Å². The third kappa shape index (κ3) is 2.97. The van der Waals surface area contributed by atoms with Crippen molar-refractivity contribution in [3.63, 3.8) is 0 Å². The molecule has 2 nitrogen and oxygen atoms in total. The molecule has 0 aliphatic carbocycles. The lowest BCUT2D eigenvalue weighted by Crippen LogP contribution is -2.36. The van der Waals surface area contributed by atoms with Crippen molar-refractivity contribution in [1.82, 2.24) is 4.90 Å². The largest absolute Gasteiger partial charge is 0.387 e. The number of aliphatic hydroxyl groups is 1. The van der Waals surface area contributed by atoms with Gasteiger partial charge in [-0.25, -0.2) is 0 Å². The Hall–Kier alpha value is -1.38. The van der Waals surface area contributed by atoms with Crippen molar-refractivity contribution in [2.24, 2.45) is 5.92 Å². The molecule has 0 saturated carbocycles. The van der Waals surface area contributed by atoms with Crippen molar-refractivity contribution >= 4 is 10.8 Å². The minimum Gasteiger partial charge on any atom is -0.387 e. The number of nitrogens with zero attached hydrogens (tertiary/aromatic N) is 1. The predicted octanol–water partition coefficient (Wildman–Crippen LogP) is 3.99. The molecule has 2 atom stereocenters. The Morgan fingerprint density at radius 2 is 1.90 bits per heavy atom. The van der Waals surface area contributed by atoms with Gasteiger partial charge in [0.1, 0.15) is 0 Å². The SMILES string of the molecule is CC(C)C1CCCN1CC(O)c1cccc2ccccc12. The first-order valence-corrected chi connectivity index (χ1v) is 8.06. The van der Waals surface area contributed by atoms with E-state index in [0.29, 0.717) is 12.0 Å². The fourth-order valence-electron chi connectivity index (χ4n) is 3.70. The Morgan fingerprint density at radius 1 is 1.14 bits per heavy atom. The van der Waals surface area contributed by atoms with E-state index in [4.69, 9.17) is 0 Å². The second-order valence-corrected chi connectivity index (χ2v) is 6.53. The zero-order valence-corrected chi connectivity index (χ0v) is 13.0. The van der Waals surface area contributed by atoms with Gasteiger partial charge in [-0.3, -0.25) is 4.90 Å². The highest BCUT2D eigenvalue weighted by Crippen LogP contribution is 2.29. The Labute approximate surface area is 127 Å². The zero-order valence-electron chi connectivity index (χ0n) is 13.0. The Morgan fingerprint density at radius 3 is 2.71 bits per heavy atom. The fourth-order valence-corrected chi connectivity index (χ4v) is 3.70. The summed E-state index contributed by atoms with van der Waals surface area (Å²) in [6.45, 7) is 6.43. The molecule has 2 heteroatoms. The fraction of sp³-hybridized carbons (Fsp3) is 0.474. The summed E-state index contributed by atoms with van der Waals surface area (Å²) >= 11 is 0. The van der Waals surface area contributed by atoms with Gasteiger partial charge in [0, 0.05) is 12.6 Å². The molecule has 1 aliphatic heterocycles. The molecule has 1 fully saturated rings. The summed E-state index contributed by atoms with van der Waals surface area (Å²) in [5, 5.41) is 13.1. The molecule has 0 bridgehead atoms. The maximum absolute atomic E-state index is 10.7. The Kier molecular flexibility index (Phi) is 4.27. The third-order valence-electron chi connectivity index (χ3n) is 4.77. The molecule has 2 unspecified atom stereocenters. The predicted molar refractivity (Wildman–Crippen MR) is 88.3 cm³/mol. The summed E-state index contributed by atoms with van der Waals surface area (Å²) in [6.07, 6.45) is 2.11. The summed E-state index contributed by atoms with van der Waals surface area (Å²) in [7, 11) is 0. The number of hydrogen-bond acceptors (Lipinski definition) is 2. The highest BCUT2D eigenvalue weighted by atomic mass is 16.3. The molecule has 0 aromatic heterocycles. The minimum atomic E-state index is -0.407. The number of benzene rings is 2. The highest BCUT2D eigenvalue weighted by Gasteiger charge is 2.28. The van der Waals surface area contributed by atoms with Crippen molar-refractivity contribution in [2.75, 3.05) is 13.1 Å². The standard InChI is InChI=1S/C19H25NO/c1-14(2)18-11-6-12-20(18)13-19(21)17-10-5-8-15-7-3-4-9-16(15)17/h3-5,7-10,14,18-19,21H,6,11-13H2,1-2H3. The molecule has 2 aromatic carbocycles. The quantitative estimate of drug-likeness (QED) is 0.917. The third-order valence-corrected chi connectivity index (χ3v) is 4.77. The molecule has 0 amide bonds.